The third kappa shape index (κ3) is 4.74. The number of aryl methyl sites for hydroxylation is 1. The van der Waals surface area contributed by atoms with Gasteiger partial charge in [0.05, 0.1) is 30.8 Å². The molecule has 1 atom stereocenters. The molecule has 2 rings (SSSR count). The minimum absolute atomic E-state index is 0.0473. The van der Waals surface area contributed by atoms with E-state index < -0.39 is 22.0 Å². The Kier molecular flexibility index (Phi) is 6.23. The molecule has 0 saturated carbocycles. The van der Waals surface area contributed by atoms with Gasteiger partial charge in [-0.25, -0.2) is 8.42 Å². The molecule has 0 fully saturated rings. The van der Waals surface area contributed by atoms with Crippen molar-refractivity contribution in [1.82, 2.24) is 4.72 Å². The smallest absolute Gasteiger partial charge is 0.242 e. The van der Waals surface area contributed by atoms with E-state index in [0.717, 1.165) is 5.56 Å². The van der Waals surface area contributed by atoms with Gasteiger partial charge < -0.3 is 14.8 Å². The SMILES string of the molecule is COc1ccc(S(=O)(=O)N[C@H](C)C(=O)Nc2cc(C)ccc2OC)cc1. The number of anilines is 1. The average Bonchev–Trinajstić information content (AvgIpc) is 2.61. The predicted octanol–water partition coefficient (Wildman–Crippen LogP) is 2.32. The molecule has 140 valence electrons. The van der Waals surface area contributed by atoms with Crippen molar-refractivity contribution in [3.8, 4) is 11.5 Å². The van der Waals surface area contributed by atoms with Gasteiger partial charge in [-0.2, -0.15) is 4.72 Å². The molecule has 0 unspecified atom stereocenters. The quantitative estimate of drug-likeness (QED) is 0.771. The number of benzene rings is 2. The van der Waals surface area contributed by atoms with Crippen LogP contribution in [0.3, 0.4) is 0 Å². The Labute approximate surface area is 153 Å². The Hall–Kier alpha value is -2.58. The van der Waals surface area contributed by atoms with Crippen LogP contribution in [-0.4, -0.2) is 34.6 Å². The largest absolute Gasteiger partial charge is 0.497 e. The summed E-state index contributed by atoms with van der Waals surface area (Å²) in [5, 5.41) is 2.68. The maximum atomic E-state index is 12.4. The number of ether oxygens (including phenoxy) is 2. The van der Waals surface area contributed by atoms with E-state index in [2.05, 4.69) is 10.0 Å². The summed E-state index contributed by atoms with van der Waals surface area (Å²) in [7, 11) is -0.853. The van der Waals surface area contributed by atoms with E-state index >= 15 is 0 Å². The molecule has 0 saturated heterocycles. The zero-order valence-electron chi connectivity index (χ0n) is 15.1. The Morgan fingerprint density at radius 2 is 1.69 bits per heavy atom. The fourth-order valence-electron chi connectivity index (χ4n) is 2.27. The number of rotatable bonds is 7. The molecule has 7 nitrogen and oxygen atoms in total. The monoisotopic (exact) mass is 378 g/mol. The molecule has 0 spiro atoms. The van der Waals surface area contributed by atoms with E-state index in [0.29, 0.717) is 17.2 Å². The molecule has 0 aliphatic rings. The molecule has 1 amide bonds. The molecule has 0 aromatic heterocycles. The second-order valence-electron chi connectivity index (χ2n) is 5.71. The number of methoxy groups -OCH3 is 2. The van der Waals surface area contributed by atoms with Crippen LogP contribution in [0.2, 0.25) is 0 Å². The summed E-state index contributed by atoms with van der Waals surface area (Å²) >= 11 is 0. The van der Waals surface area contributed by atoms with Gasteiger partial charge in [0.1, 0.15) is 11.5 Å². The first-order valence-electron chi connectivity index (χ1n) is 7.88. The Morgan fingerprint density at radius 3 is 2.27 bits per heavy atom. The van der Waals surface area contributed by atoms with Crippen LogP contribution in [-0.2, 0) is 14.8 Å². The van der Waals surface area contributed by atoms with Crippen molar-refractivity contribution in [3.63, 3.8) is 0 Å². The van der Waals surface area contributed by atoms with Crippen LogP contribution in [0.15, 0.2) is 47.4 Å². The highest BCUT2D eigenvalue weighted by Gasteiger charge is 2.23. The molecule has 0 heterocycles. The molecule has 0 aliphatic carbocycles. The van der Waals surface area contributed by atoms with Gasteiger partial charge in [-0.15, -0.1) is 0 Å². The van der Waals surface area contributed by atoms with E-state index in [9.17, 15) is 13.2 Å². The topological polar surface area (TPSA) is 93.7 Å². The van der Waals surface area contributed by atoms with Gasteiger partial charge in [0, 0.05) is 0 Å². The first-order chi connectivity index (χ1) is 12.3. The van der Waals surface area contributed by atoms with Gasteiger partial charge in [-0.05, 0) is 55.8 Å². The van der Waals surface area contributed by atoms with Crippen molar-refractivity contribution in [1.29, 1.82) is 0 Å². The van der Waals surface area contributed by atoms with Crippen molar-refractivity contribution in [3.05, 3.63) is 48.0 Å². The van der Waals surface area contributed by atoms with Crippen LogP contribution < -0.4 is 19.5 Å². The fourth-order valence-corrected chi connectivity index (χ4v) is 3.47. The van der Waals surface area contributed by atoms with Crippen LogP contribution in [0.5, 0.6) is 11.5 Å². The molecule has 2 N–H and O–H groups in total. The van der Waals surface area contributed by atoms with Crippen molar-refractivity contribution >= 4 is 21.6 Å². The van der Waals surface area contributed by atoms with E-state index in [1.807, 2.05) is 13.0 Å². The second kappa shape index (κ2) is 8.20. The standard InChI is InChI=1S/C18H22N2O5S/c1-12-5-10-17(25-4)16(11-12)19-18(21)13(2)20-26(22,23)15-8-6-14(24-3)7-9-15/h5-11,13,20H,1-4H3,(H,19,21)/t13-/m1/s1. The predicted molar refractivity (Wildman–Crippen MR) is 99.1 cm³/mol. The van der Waals surface area contributed by atoms with Crippen LogP contribution >= 0.6 is 0 Å². The summed E-state index contributed by atoms with van der Waals surface area (Å²) in [6, 6.07) is 10.3. The minimum Gasteiger partial charge on any atom is -0.497 e. The first-order valence-corrected chi connectivity index (χ1v) is 9.37. The normalized spacial score (nSPS) is 12.3. The second-order valence-corrected chi connectivity index (χ2v) is 7.43. The zero-order chi connectivity index (χ0) is 19.3. The molecular weight excluding hydrogens is 356 g/mol. The van der Waals surface area contributed by atoms with Gasteiger partial charge in [0.2, 0.25) is 15.9 Å². The van der Waals surface area contributed by atoms with Gasteiger partial charge in [-0.3, -0.25) is 4.79 Å². The van der Waals surface area contributed by atoms with Gasteiger partial charge in [0.25, 0.3) is 0 Å². The van der Waals surface area contributed by atoms with Crippen molar-refractivity contribution < 1.29 is 22.7 Å². The highest BCUT2D eigenvalue weighted by atomic mass is 32.2. The van der Waals surface area contributed by atoms with Crippen molar-refractivity contribution in [2.75, 3.05) is 19.5 Å². The van der Waals surface area contributed by atoms with E-state index in [1.54, 1.807) is 12.1 Å². The summed E-state index contributed by atoms with van der Waals surface area (Å²) in [6.45, 7) is 3.35. The molecule has 0 radical (unpaired) electrons. The number of nitrogens with one attached hydrogen (secondary N) is 2. The minimum atomic E-state index is -3.84. The first kappa shape index (κ1) is 19.7. The fraction of sp³-hybridized carbons (Fsp3) is 0.278. The maximum Gasteiger partial charge on any atom is 0.242 e. The number of sulfonamides is 1. The third-order valence-electron chi connectivity index (χ3n) is 3.71. The molecule has 0 bridgehead atoms. The molecule has 2 aromatic carbocycles. The lowest BCUT2D eigenvalue weighted by Crippen LogP contribution is -2.41. The Morgan fingerprint density at radius 1 is 1.04 bits per heavy atom. The van der Waals surface area contributed by atoms with E-state index in [4.69, 9.17) is 9.47 Å². The zero-order valence-corrected chi connectivity index (χ0v) is 15.9. The van der Waals surface area contributed by atoms with E-state index in [-0.39, 0.29) is 4.90 Å². The molecule has 0 aliphatic heterocycles. The number of hydrogen-bond acceptors (Lipinski definition) is 5. The highest BCUT2D eigenvalue weighted by Crippen LogP contribution is 2.25. The number of hydrogen-bond donors (Lipinski definition) is 2. The highest BCUT2D eigenvalue weighted by molar-refractivity contribution is 7.89. The average molecular weight is 378 g/mol. The Balaban J connectivity index is 2.11. The molecule has 8 heteroatoms. The number of amides is 1. The maximum absolute atomic E-state index is 12.4. The summed E-state index contributed by atoms with van der Waals surface area (Å²) in [5.74, 6) is 0.543. The summed E-state index contributed by atoms with van der Waals surface area (Å²) in [4.78, 5) is 12.4. The van der Waals surface area contributed by atoms with Crippen molar-refractivity contribution in [2.24, 2.45) is 0 Å². The van der Waals surface area contributed by atoms with Gasteiger partial charge >= 0.3 is 0 Å². The Bertz CT molecular complexity index is 879. The molecule has 26 heavy (non-hydrogen) atoms. The lowest BCUT2D eigenvalue weighted by atomic mass is 10.2. The van der Waals surface area contributed by atoms with Crippen LogP contribution in [0.1, 0.15) is 12.5 Å². The summed E-state index contributed by atoms with van der Waals surface area (Å²) in [6.07, 6.45) is 0. The lowest BCUT2D eigenvalue weighted by molar-refractivity contribution is -0.117. The van der Waals surface area contributed by atoms with E-state index in [1.165, 1.54) is 45.4 Å². The molecular formula is C18H22N2O5S. The van der Waals surface area contributed by atoms with Crippen molar-refractivity contribution in [2.45, 2.75) is 24.8 Å². The van der Waals surface area contributed by atoms with Crippen LogP contribution in [0, 0.1) is 6.92 Å². The lowest BCUT2D eigenvalue weighted by Gasteiger charge is -2.16. The number of carbonyl (C=O) groups is 1. The van der Waals surface area contributed by atoms with Crippen LogP contribution in [0.25, 0.3) is 0 Å². The summed E-state index contributed by atoms with van der Waals surface area (Å²) in [5.41, 5.74) is 1.42. The third-order valence-corrected chi connectivity index (χ3v) is 5.26. The van der Waals surface area contributed by atoms with Gasteiger partial charge in [-0.1, -0.05) is 6.07 Å². The molecule has 2 aromatic rings. The van der Waals surface area contributed by atoms with Gasteiger partial charge in [0.15, 0.2) is 0 Å². The van der Waals surface area contributed by atoms with Crippen LogP contribution in [0.4, 0.5) is 5.69 Å². The number of carbonyl (C=O) groups excluding carboxylic acids is 1. The summed E-state index contributed by atoms with van der Waals surface area (Å²) < 4.78 is 37.4.